The molecule has 0 atom stereocenters. The van der Waals surface area contributed by atoms with Crippen LogP contribution >= 0.6 is 11.3 Å². The molecule has 0 aromatic carbocycles. The maximum atomic E-state index is 5.90. The van der Waals surface area contributed by atoms with Gasteiger partial charge in [0.05, 0.1) is 5.39 Å². The SMILES string of the molecule is Cc1cc2c(N(C)C3CCC(C)(C)CC3)nc(N)nc2s1. The third-order valence-electron chi connectivity index (χ3n) is 4.70. The van der Waals surface area contributed by atoms with E-state index in [-0.39, 0.29) is 0 Å². The van der Waals surface area contributed by atoms with Gasteiger partial charge in [0.2, 0.25) is 5.95 Å². The minimum Gasteiger partial charge on any atom is -0.368 e. The van der Waals surface area contributed by atoms with E-state index in [0.717, 1.165) is 16.0 Å². The molecule has 2 heterocycles. The largest absolute Gasteiger partial charge is 0.368 e. The van der Waals surface area contributed by atoms with Crippen molar-refractivity contribution in [2.75, 3.05) is 17.7 Å². The molecule has 2 aromatic heterocycles. The Hall–Kier alpha value is -1.36. The lowest BCUT2D eigenvalue weighted by molar-refractivity contribution is 0.222. The van der Waals surface area contributed by atoms with E-state index in [1.54, 1.807) is 11.3 Å². The van der Waals surface area contributed by atoms with Crippen molar-refractivity contribution in [2.45, 2.75) is 52.5 Å². The second kappa shape index (κ2) is 5.13. The topological polar surface area (TPSA) is 55.0 Å². The van der Waals surface area contributed by atoms with Crippen LogP contribution in [-0.4, -0.2) is 23.1 Å². The molecule has 1 aliphatic rings. The Morgan fingerprint density at radius 1 is 1.29 bits per heavy atom. The molecule has 1 aliphatic carbocycles. The molecule has 114 valence electrons. The van der Waals surface area contributed by atoms with Crippen molar-refractivity contribution in [1.82, 2.24) is 9.97 Å². The van der Waals surface area contributed by atoms with Gasteiger partial charge in [0, 0.05) is 18.0 Å². The summed E-state index contributed by atoms with van der Waals surface area (Å²) in [7, 11) is 2.15. The fraction of sp³-hybridized carbons (Fsp3) is 0.625. The Balaban J connectivity index is 1.93. The van der Waals surface area contributed by atoms with Gasteiger partial charge in [-0.3, -0.25) is 0 Å². The Labute approximate surface area is 130 Å². The zero-order valence-corrected chi connectivity index (χ0v) is 14.1. The highest BCUT2D eigenvalue weighted by Gasteiger charge is 2.30. The first-order valence-corrected chi connectivity index (χ1v) is 8.44. The van der Waals surface area contributed by atoms with Crippen LogP contribution in [0.5, 0.6) is 0 Å². The van der Waals surface area contributed by atoms with Crippen LogP contribution in [0.25, 0.3) is 10.2 Å². The molecule has 3 rings (SSSR count). The molecule has 0 aliphatic heterocycles. The van der Waals surface area contributed by atoms with Crippen LogP contribution in [0.4, 0.5) is 11.8 Å². The van der Waals surface area contributed by atoms with Crippen LogP contribution in [0.1, 0.15) is 44.4 Å². The lowest BCUT2D eigenvalue weighted by Gasteiger charge is -2.39. The lowest BCUT2D eigenvalue weighted by atomic mass is 9.75. The van der Waals surface area contributed by atoms with Gasteiger partial charge in [-0.25, -0.2) is 4.98 Å². The molecule has 5 heteroatoms. The predicted octanol–water partition coefficient (Wildman–Crippen LogP) is 3.99. The van der Waals surface area contributed by atoms with Crippen LogP contribution in [0.3, 0.4) is 0 Å². The molecule has 0 unspecified atom stereocenters. The molecule has 2 aromatic rings. The van der Waals surface area contributed by atoms with Crippen LogP contribution in [0, 0.1) is 12.3 Å². The Morgan fingerprint density at radius 3 is 2.62 bits per heavy atom. The fourth-order valence-corrected chi connectivity index (χ4v) is 4.14. The molecular weight excluding hydrogens is 280 g/mol. The number of rotatable bonds is 2. The quantitative estimate of drug-likeness (QED) is 0.911. The summed E-state index contributed by atoms with van der Waals surface area (Å²) < 4.78 is 0. The number of thiophene rings is 1. The summed E-state index contributed by atoms with van der Waals surface area (Å²) in [6.07, 6.45) is 4.98. The maximum absolute atomic E-state index is 5.90. The van der Waals surface area contributed by atoms with Gasteiger partial charge in [-0.15, -0.1) is 11.3 Å². The van der Waals surface area contributed by atoms with E-state index in [0.29, 0.717) is 17.4 Å². The van der Waals surface area contributed by atoms with Crippen molar-refractivity contribution in [3.63, 3.8) is 0 Å². The second-order valence-electron chi connectivity index (χ2n) is 6.99. The van der Waals surface area contributed by atoms with Crippen molar-refractivity contribution in [3.05, 3.63) is 10.9 Å². The lowest BCUT2D eigenvalue weighted by Crippen LogP contribution is -2.37. The Kier molecular flexibility index (Phi) is 3.56. The average molecular weight is 304 g/mol. The Bertz CT molecular complexity index is 652. The number of hydrogen-bond acceptors (Lipinski definition) is 5. The first-order chi connectivity index (χ1) is 9.85. The number of aromatic nitrogens is 2. The molecule has 21 heavy (non-hydrogen) atoms. The van der Waals surface area contributed by atoms with E-state index >= 15 is 0 Å². The number of nitrogens with zero attached hydrogens (tertiary/aromatic N) is 3. The zero-order chi connectivity index (χ0) is 15.2. The zero-order valence-electron chi connectivity index (χ0n) is 13.3. The fourth-order valence-electron chi connectivity index (χ4n) is 3.26. The van der Waals surface area contributed by atoms with Crippen molar-refractivity contribution >= 4 is 33.3 Å². The van der Waals surface area contributed by atoms with Gasteiger partial charge in [0.15, 0.2) is 0 Å². The second-order valence-corrected chi connectivity index (χ2v) is 8.22. The van der Waals surface area contributed by atoms with Gasteiger partial charge in [-0.05, 0) is 44.1 Å². The first-order valence-electron chi connectivity index (χ1n) is 7.62. The minimum absolute atomic E-state index is 0.377. The van der Waals surface area contributed by atoms with Crippen molar-refractivity contribution in [2.24, 2.45) is 5.41 Å². The number of nitrogen functional groups attached to an aromatic ring is 1. The van der Waals surface area contributed by atoms with Crippen LogP contribution in [-0.2, 0) is 0 Å². The summed E-state index contributed by atoms with van der Waals surface area (Å²) >= 11 is 1.69. The molecule has 0 spiro atoms. The normalized spacial score (nSPS) is 19.0. The molecule has 1 fully saturated rings. The molecule has 1 saturated carbocycles. The summed E-state index contributed by atoms with van der Waals surface area (Å²) in [4.78, 5) is 13.5. The van der Waals surface area contributed by atoms with Crippen LogP contribution in [0.15, 0.2) is 6.07 Å². The highest BCUT2D eigenvalue weighted by atomic mass is 32.1. The van der Waals surface area contributed by atoms with Crippen molar-refractivity contribution in [1.29, 1.82) is 0 Å². The summed E-state index contributed by atoms with van der Waals surface area (Å²) in [5.74, 6) is 1.37. The number of nitrogens with two attached hydrogens (primary N) is 1. The van der Waals surface area contributed by atoms with Gasteiger partial charge in [-0.2, -0.15) is 4.98 Å². The monoisotopic (exact) mass is 304 g/mol. The molecule has 0 radical (unpaired) electrons. The number of aryl methyl sites for hydroxylation is 1. The predicted molar refractivity (Wildman–Crippen MR) is 91.0 cm³/mol. The van der Waals surface area contributed by atoms with Gasteiger partial charge < -0.3 is 10.6 Å². The molecule has 0 saturated heterocycles. The van der Waals surface area contributed by atoms with Gasteiger partial charge in [-0.1, -0.05) is 13.8 Å². The van der Waals surface area contributed by atoms with E-state index < -0.39 is 0 Å². The van der Waals surface area contributed by atoms with Gasteiger partial charge in [0.25, 0.3) is 0 Å². The van der Waals surface area contributed by atoms with E-state index in [4.69, 9.17) is 5.73 Å². The third-order valence-corrected chi connectivity index (χ3v) is 5.65. The van der Waals surface area contributed by atoms with E-state index in [1.807, 2.05) is 0 Å². The molecule has 0 amide bonds. The highest BCUT2D eigenvalue weighted by molar-refractivity contribution is 7.18. The summed E-state index contributed by atoms with van der Waals surface area (Å²) in [5, 5.41) is 1.14. The van der Waals surface area contributed by atoms with Crippen molar-refractivity contribution in [3.8, 4) is 0 Å². The third kappa shape index (κ3) is 2.84. The minimum atomic E-state index is 0.377. The van der Waals surface area contributed by atoms with Crippen LogP contribution in [0.2, 0.25) is 0 Å². The maximum Gasteiger partial charge on any atom is 0.223 e. The van der Waals surface area contributed by atoms with Crippen LogP contribution < -0.4 is 10.6 Å². The molecule has 0 bridgehead atoms. The Morgan fingerprint density at radius 2 is 1.95 bits per heavy atom. The standard InChI is InChI=1S/C16H24N4S/c1-10-9-12-13(18-15(17)19-14(12)21-10)20(4)11-5-7-16(2,3)8-6-11/h9,11H,5-8H2,1-4H3,(H2,17,18,19). The number of hydrogen-bond donors (Lipinski definition) is 1. The van der Waals surface area contributed by atoms with E-state index in [9.17, 15) is 0 Å². The molecule has 2 N–H and O–H groups in total. The highest BCUT2D eigenvalue weighted by Crippen LogP contribution is 2.39. The van der Waals surface area contributed by atoms with Crippen molar-refractivity contribution < 1.29 is 0 Å². The average Bonchev–Trinajstić information content (AvgIpc) is 2.77. The summed E-state index contributed by atoms with van der Waals surface area (Å²) in [6, 6.07) is 2.73. The van der Waals surface area contributed by atoms with E-state index in [2.05, 4.69) is 48.8 Å². The smallest absolute Gasteiger partial charge is 0.223 e. The van der Waals surface area contributed by atoms with Gasteiger partial charge in [0.1, 0.15) is 10.6 Å². The van der Waals surface area contributed by atoms with E-state index in [1.165, 1.54) is 30.6 Å². The number of anilines is 2. The molecule has 4 nitrogen and oxygen atoms in total. The van der Waals surface area contributed by atoms with Gasteiger partial charge >= 0.3 is 0 Å². The summed E-state index contributed by atoms with van der Waals surface area (Å²) in [5.41, 5.74) is 6.38. The first kappa shape index (κ1) is 14.6. The number of fused-ring (bicyclic) bond motifs is 1. The molecular formula is C16H24N4S. The summed E-state index contributed by atoms with van der Waals surface area (Å²) in [6.45, 7) is 6.84.